The highest BCUT2D eigenvalue weighted by molar-refractivity contribution is 5.69. The summed E-state index contributed by atoms with van der Waals surface area (Å²) in [7, 11) is 0. The predicted octanol–water partition coefficient (Wildman–Crippen LogP) is 3.53. The Morgan fingerprint density at radius 3 is 2.83 bits per heavy atom. The second kappa shape index (κ2) is 7.13. The van der Waals surface area contributed by atoms with Crippen LogP contribution in [0.4, 0.5) is 10.6 Å². The number of likely N-dealkylation sites (tertiary alicyclic amines) is 1. The lowest BCUT2D eigenvalue weighted by molar-refractivity contribution is 0.0680. The van der Waals surface area contributed by atoms with E-state index in [0.29, 0.717) is 12.4 Å². The number of piperidine rings is 1. The van der Waals surface area contributed by atoms with Gasteiger partial charge in [-0.25, -0.2) is 9.78 Å². The lowest BCUT2D eigenvalue weighted by Crippen LogP contribution is -2.39. The van der Waals surface area contributed by atoms with Crippen LogP contribution in [0.5, 0.6) is 0 Å². The minimum absolute atomic E-state index is 0.0549. The van der Waals surface area contributed by atoms with E-state index in [-0.39, 0.29) is 18.7 Å². The maximum atomic E-state index is 12.5. The van der Waals surface area contributed by atoms with Crippen molar-refractivity contribution in [2.75, 3.05) is 12.3 Å². The van der Waals surface area contributed by atoms with Crippen LogP contribution in [0.2, 0.25) is 0 Å². The van der Waals surface area contributed by atoms with Gasteiger partial charge in [-0.05, 0) is 30.9 Å². The van der Waals surface area contributed by atoms with E-state index in [1.807, 2.05) is 42.5 Å². The average molecular weight is 311 g/mol. The van der Waals surface area contributed by atoms with Gasteiger partial charge in [-0.1, -0.05) is 36.4 Å². The molecule has 2 N–H and O–H groups in total. The molecule has 1 atom stereocenters. The van der Waals surface area contributed by atoms with Crippen LogP contribution in [0.1, 0.15) is 36.4 Å². The molecule has 1 amide bonds. The van der Waals surface area contributed by atoms with Gasteiger partial charge in [0.05, 0.1) is 6.04 Å². The molecule has 1 aliphatic heterocycles. The Balaban J connectivity index is 1.71. The fraction of sp³-hybridized carbons (Fsp3) is 0.333. The predicted molar refractivity (Wildman–Crippen MR) is 88.6 cm³/mol. The molecule has 2 heterocycles. The van der Waals surface area contributed by atoms with E-state index in [4.69, 9.17) is 10.5 Å². The van der Waals surface area contributed by atoms with Crippen molar-refractivity contribution in [2.45, 2.75) is 31.9 Å². The first-order valence-corrected chi connectivity index (χ1v) is 7.93. The Labute approximate surface area is 136 Å². The van der Waals surface area contributed by atoms with Crippen molar-refractivity contribution in [1.82, 2.24) is 9.88 Å². The third kappa shape index (κ3) is 3.62. The molecule has 23 heavy (non-hydrogen) atoms. The Morgan fingerprint density at radius 1 is 1.22 bits per heavy atom. The monoisotopic (exact) mass is 311 g/mol. The Kier molecular flexibility index (Phi) is 4.76. The summed E-state index contributed by atoms with van der Waals surface area (Å²) in [4.78, 5) is 18.4. The van der Waals surface area contributed by atoms with E-state index in [2.05, 4.69) is 4.98 Å². The van der Waals surface area contributed by atoms with Gasteiger partial charge in [-0.3, -0.25) is 0 Å². The maximum Gasteiger partial charge on any atom is 0.410 e. The highest BCUT2D eigenvalue weighted by Crippen LogP contribution is 2.33. The van der Waals surface area contributed by atoms with Gasteiger partial charge < -0.3 is 15.4 Å². The Bertz CT molecular complexity index is 660. The number of hydrogen-bond acceptors (Lipinski definition) is 4. The number of ether oxygens (including phenoxy) is 1. The molecule has 1 saturated heterocycles. The molecule has 0 unspecified atom stereocenters. The van der Waals surface area contributed by atoms with Crippen LogP contribution in [0.3, 0.4) is 0 Å². The number of pyridine rings is 1. The van der Waals surface area contributed by atoms with E-state index >= 15 is 0 Å². The van der Waals surface area contributed by atoms with Gasteiger partial charge in [0.25, 0.3) is 0 Å². The van der Waals surface area contributed by atoms with Crippen molar-refractivity contribution in [3.63, 3.8) is 0 Å². The van der Waals surface area contributed by atoms with Crippen molar-refractivity contribution < 1.29 is 9.53 Å². The normalized spacial score (nSPS) is 17.7. The van der Waals surface area contributed by atoms with Gasteiger partial charge in [0.1, 0.15) is 12.4 Å². The number of carbonyl (C=O) groups excluding carboxylic acids is 1. The van der Waals surface area contributed by atoms with Crippen molar-refractivity contribution in [1.29, 1.82) is 0 Å². The zero-order valence-electron chi connectivity index (χ0n) is 13.0. The zero-order chi connectivity index (χ0) is 16.1. The van der Waals surface area contributed by atoms with Crippen molar-refractivity contribution >= 4 is 11.9 Å². The zero-order valence-corrected chi connectivity index (χ0v) is 13.0. The molecule has 1 aliphatic rings. The summed E-state index contributed by atoms with van der Waals surface area (Å²) in [6.07, 6.45) is 4.32. The first-order chi connectivity index (χ1) is 11.3. The van der Waals surface area contributed by atoms with E-state index in [1.54, 1.807) is 11.1 Å². The molecule has 0 aliphatic carbocycles. The molecule has 0 spiro atoms. The first kappa shape index (κ1) is 15.3. The number of hydrogen-bond donors (Lipinski definition) is 1. The molecule has 1 fully saturated rings. The fourth-order valence-electron chi connectivity index (χ4n) is 2.99. The van der Waals surface area contributed by atoms with E-state index in [9.17, 15) is 4.79 Å². The van der Waals surface area contributed by atoms with Crippen molar-refractivity contribution in [3.05, 3.63) is 59.8 Å². The van der Waals surface area contributed by atoms with Crippen molar-refractivity contribution in [3.8, 4) is 0 Å². The number of carbonyl (C=O) groups is 1. The summed E-state index contributed by atoms with van der Waals surface area (Å²) in [5.74, 6) is 0.486. The van der Waals surface area contributed by atoms with Gasteiger partial charge in [0.2, 0.25) is 0 Å². The fourth-order valence-corrected chi connectivity index (χ4v) is 2.99. The molecule has 1 aromatic carbocycles. The number of nitrogens with zero attached hydrogens (tertiary/aromatic N) is 2. The number of rotatable bonds is 3. The highest BCUT2D eigenvalue weighted by atomic mass is 16.6. The number of nitrogen functional groups attached to an aromatic ring is 1. The van der Waals surface area contributed by atoms with Crippen LogP contribution in [0, 0.1) is 0 Å². The molecule has 2 aromatic rings. The molecule has 120 valence electrons. The smallest absolute Gasteiger partial charge is 0.410 e. The van der Waals surface area contributed by atoms with Gasteiger partial charge in [0.15, 0.2) is 0 Å². The summed E-state index contributed by atoms with van der Waals surface area (Å²) >= 11 is 0. The lowest BCUT2D eigenvalue weighted by atomic mass is 9.96. The third-order valence-electron chi connectivity index (χ3n) is 4.17. The van der Waals surface area contributed by atoms with Crippen LogP contribution in [0.25, 0.3) is 0 Å². The topological polar surface area (TPSA) is 68.5 Å². The maximum absolute atomic E-state index is 12.5. The molecule has 5 heteroatoms. The average Bonchev–Trinajstić information content (AvgIpc) is 2.61. The van der Waals surface area contributed by atoms with E-state index < -0.39 is 0 Å². The summed E-state index contributed by atoms with van der Waals surface area (Å²) < 4.78 is 5.48. The second-order valence-electron chi connectivity index (χ2n) is 5.72. The van der Waals surface area contributed by atoms with E-state index in [0.717, 1.165) is 30.4 Å². The standard InChI is InChI=1S/C18H21N3O2/c19-17-15(9-6-11-20-17)16-10-4-5-12-21(16)18(22)23-13-14-7-2-1-3-8-14/h1-3,6-9,11,16H,4-5,10,12-13H2,(H2,19,20)/t16-/m0/s1. The molecule has 0 radical (unpaired) electrons. The van der Waals surface area contributed by atoms with Gasteiger partial charge in [-0.2, -0.15) is 0 Å². The minimum atomic E-state index is -0.290. The molecular formula is C18H21N3O2. The van der Waals surface area contributed by atoms with E-state index in [1.165, 1.54) is 0 Å². The number of anilines is 1. The molecular weight excluding hydrogens is 290 g/mol. The van der Waals surface area contributed by atoms with Crippen LogP contribution < -0.4 is 5.73 Å². The number of nitrogens with two attached hydrogens (primary N) is 1. The van der Waals surface area contributed by atoms with Gasteiger partial charge in [-0.15, -0.1) is 0 Å². The summed E-state index contributed by atoms with van der Waals surface area (Å²) in [6.45, 7) is 0.970. The quantitative estimate of drug-likeness (QED) is 0.941. The molecule has 0 saturated carbocycles. The van der Waals surface area contributed by atoms with Crippen LogP contribution in [-0.4, -0.2) is 22.5 Å². The highest BCUT2D eigenvalue weighted by Gasteiger charge is 2.30. The molecule has 3 rings (SSSR count). The summed E-state index contributed by atoms with van der Waals surface area (Å²) in [6, 6.07) is 13.4. The van der Waals surface area contributed by atoms with Gasteiger partial charge in [0, 0.05) is 18.3 Å². The summed E-state index contributed by atoms with van der Waals surface area (Å²) in [5.41, 5.74) is 7.88. The van der Waals surface area contributed by atoms with Crippen molar-refractivity contribution in [2.24, 2.45) is 0 Å². The number of benzene rings is 1. The molecule has 5 nitrogen and oxygen atoms in total. The van der Waals surface area contributed by atoms with Crippen LogP contribution >= 0.6 is 0 Å². The Morgan fingerprint density at radius 2 is 2.04 bits per heavy atom. The largest absolute Gasteiger partial charge is 0.445 e. The lowest BCUT2D eigenvalue weighted by Gasteiger charge is -2.35. The number of amides is 1. The SMILES string of the molecule is Nc1ncccc1[C@@H]1CCCCN1C(=O)OCc1ccccc1. The molecule has 1 aromatic heterocycles. The van der Waals surface area contributed by atoms with Crippen LogP contribution in [-0.2, 0) is 11.3 Å². The first-order valence-electron chi connectivity index (χ1n) is 7.93. The second-order valence-corrected chi connectivity index (χ2v) is 5.72. The molecule has 0 bridgehead atoms. The van der Waals surface area contributed by atoms with Gasteiger partial charge >= 0.3 is 6.09 Å². The third-order valence-corrected chi connectivity index (χ3v) is 4.17. The number of aromatic nitrogens is 1. The minimum Gasteiger partial charge on any atom is -0.445 e. The Hall–Kier alpha value is -2.56. The van der Waals surface area contributed by atoms with Crippen LogP contribution in [0.15, 0.2) is 48.7 Å². The summed E-state index contributed by atoms with van der Waals surface area (Å²) in [5, 5.41) is 0.